The van der Waals surface area contributed by atoms with Gasteiger partial charge in [0, 0.05) is 13.1 Å². The number of carboxylic acid groups (broad SMARTS) is 1. The summed E-state index contributed by atoms with van der Waals surface area (Å²) in [5.41, 5.74) is -1.15. The van der Waals surface area contributed by atoms with Crippen LogP contribution in [0.3, 0.4) is 0 Å². The second kappa shape index (κ2) is 5.76. The minimum Gasteiger partial charge on any atom is -0.481 e. The highest BCUT2D eigenvalue weighted by molar-refractivity contribution is 5.85. The molecule has 9 heteroatoms. The van der Waals surface area contributed by atoms with Crippen molar-refractivity contribution in [2.24, 2.45) is 5.41 Å². The summed E-state index contributed by atoms with van der Waals surface area (Å²) in [6, 6.07) is 0. The lowest BCUT2D eigenvalue weighted by Gasteiger charge is -2.39. The number of carbonyl (C=O) groups is 2. The fraction of sp³-hybridized carbons (Fsp3) is 0.833. The molecule has 1 aliphatic rings. The number of carboxylic acids is 1. The van der Waals surface area contributed by atoms with Crippen LogP contribution in [0.4, 0.5) is 22.0 Å². The number of rotatable bonds is 4. The Hall–Kier alpha value is -1.41. The maximum absolute atomic E-state index is 13.0. The van der Waals surface area contributed by atoms with Crippen LogP contribution in [0.25, 0.3) is 0 Å². The topological polar surface area (TPSA) is 57.6 Å². The molecule has 0 aliphatic carbocycles. The van der Waals surface area contributed by atoms with Crippen LogP contribution < -0.4 is 0 Å². The standard InChI is InChI=1S/C12H16F5NO3/c1-2-3-10(9(20)21)4-6-18(7-5-10)8(19)11(13,14)12(15,16)17/h2-7H2,1H3,(H,20,21). The fourth-order valence-electron chi connectivity index (χ4n) is 2.51. The molecule has 0 saturated carbocycles. The normalized spacial score (nSPS) is 19.4. The maximum atomic E-state index is 13.0. The van der Waals surface area contributed by atoms with Gasteiger partial charge < -0.3 is 10.0 Å². The minimum atomic E-state index is -5.95. The molecule has 1 N–H and O–H groups in total. The average molecular weight is 317 g/mol. The first-order valence-corrected chi connectivity index (χ1v) is 6.45. The first kappa shape index (κ1) is 17.6. The van der Waals surface area contributed by atoms with Gasteiger partial charge in [-0.25, -0.2) is 0 Å². The quantitative estimate of drug-likeness (QED) is 0.811. The highest BCUT2D eigenvalue weighted by Crippen LogP contribution is 2.40. The van der Waals surface area contributed by atoms with Gasteiger partial charge in [-0.15, -0.1) is 0 Å². The monoisotopic (exact) mass is 317 g/mol. The number of amides is 1. The van der Waals surface area contributed by atoms with Gasteiger partial charge in [0.25, 0.3) is 0 Å². The van der Waals surface area contributed by atoms with Crippen molar-refractivity contribution in [3.8, 4) is 0 Å². The number of halogens is 5. The third-order valence-electron chi connectivity index (χ3n) is 3.81. The zero-order valence-electron chi connectivity index (χ0n) is 11.3. The molecule has 21 heavy (non-hydrogen) atoms. The number of likely N-dealkylation sites (tertiary alicyclic amines) is 1. The number of piperidine rings is 1. The van der Waals surface area contributed by atoms with E-state index in [1.165, 1.54) is 0 Å². The molecule has 1 heterocycles. The lowest BCUT2D eigenvalue weighted by Crippen LogP contribution is -2.55. The number of hydrogen-bond donors (Lipinski definition) is 1. The largest absolute Gasteiger partial charge is 0.481 e. The lowest BCUT2D eigenvalue weighted by atomic mass is 9.75. The molecule has 0 aromatic rings. The second-order valence-electron chi connectivity index (χ2n) is 5.20. The Morgan fingerprint density at radius 2 is 1.62 bits per heavy atom. The van der Waals surface area contributed by atoms with Crippen molar-refractivity contribution in [2.45, 2.75) is 44.7 Å². The van der Waals surface area contributed by atoms with Gasteiger partial charge in [-0.3, -0.25) is 9.59 Å². The highest BCUT2D eigenvalue weighted by atomic mass is 19.4. The SMILES string of the molecule is CCCC1(C(=O)O)CCN(C(=O)C(F)(F)C(F)(F)F)CC1. The summed E-state index contributed by atoms with van der Waals surface area (Å²) in [6.45, 7) is 0.910. The zero-order valence-corrected chi connectivity index (χ0v) is 11.3. The van der Waals surface area contributed by atoms with E-state index in [4.69, 9.17) is 0 Å². The molecule has 4 nitrogen and oxygen atoms in total. The fourth-order valence-corrected chi connectivity index (χ4v) is 2.51. The summed E-state index contributed by atoms with van der Waals surface area (Å²) in [6.07, 6.45) is -5.38. The van der Waals surface area contributed by atoms with Crippen LogP contribution >= 0.6 is 0 Å². The molecular formula is C12H16F5NO3. The molecule has 0 aromatic carbocycles. The molecule has 0 bridgehead atoms. The second-order valence-corrected chi connectivity index (χ2v) is 5.20. The van der Waals surface area contributed by atoms with E-state index in [-0.39, 0.29) is 12.8 Å². The summed E-state index contributed by atoms with van der Waals surface area (Å²) in [5, 5.41) is 9.20. The summed E-state index contributed by atoms with van der Waals surface area (Å²) >= 11 is 0. The summed E-state index contributed by atoms with van der Waals surface area (Å²) in [5.74, 6) is -8.87. The Balaban J connectivity index is 2.81. The molecule has 1 fully saturated rings. The predicted octanol–water partition coefficient (Wildman–Crippen LogP) is 2.68. The van der Waals surface area contributed by atoms with E-state index in [0.717, 1.165) is 0 Å². The first-order valence-electron chi connectivity index (χ1n) is 6.45. The predicted molar refractivity (Wildman–Crippen MR) is 61.8 cm³/mol. The average Bonchev–Trinajstić information content (AvgIpc) is 2.37. The van der Waals surface area contributed by atoms with E-state index < -0.39 is 42.5 Å². The Morgan fingerprint density at radius 1 is 1.14 bits per heavy atom. The molecular weight excluding hydrogens is 301 g/mol. The van der Waals surface area contributed by atoms with E-state index in [1.54, 1.807) is 6.92 Å². The van der Waals surface area contributed by atoms with Crippen LogP contribution in [-0.4, -0.2) is 47.1 Å². The lowest BCUT2D eigenvalue weighted by molar-refractivity contribution is -0.275. The van der Waals surface area contributed by atoms with E-state index in [0.29, 0.717) is 17.7 Å². The van der Waals surface area contributed by atoms with Crippen molar-refractivity contribution >= 4 is 11.9 Å². The van der Waals surface area contributed by atoms with Gasteiger partial charge in [-0.05, 0) is 19.3 Å². The molecule has 0 aromatic heterocycles. The zero-order chi connectivity index (χ0) is 16.5. The molecule has 0 radical (unpaired) electrons. The Labute approximate surface area is 117 Å². The molecule has 1 amide bonds. The molecule has 122 valence electrons. The number of nitrogens with zero attached hydrogens (tertiary/aromatic N) is 1. The van der Waals surface area contributed by atoms with Crippen molar-refractivity contribution in [2.75, 3.05) is 13.1 Å². The van der Waals surface area contributed by atoms with Crippen LogP contribution in [0.5, 0.6) is 0 Å². The molecule has 1 aliphatic heterocycles. The van der Waals surface area contributed by atoms with E-state index >= 15 is 0 Å². The van der Waals surface area contributed by atoms with Gasteiger partial charge >= 0.3 is 24.0 Å². The molecule has 0 unspecified atom stereocenters. The number of hydrogen-bond acceptors (Lipinski definition) is 2. The van der Waals surface area contributed by atoms with Crippen molar-refractivity contribution in [1.29, 1.82) is 0 Å². The number of aliphatic carboxylic acids is 1. The van der Waals surface area contributed by atoms with Crippen molar-refractivity contribution in [1.82, 2.24) is 4.90 Å². The molecule has 1 rings (SSSR count). The third-order valence-corrected chi connectivity index (χ3v) is 3.81. The van der Waals surface area contributed by atoms with Gasteiger partial charge in [0.2, 0.25) is 0 Å². The van der Waals surface area contributed by atoms with E-state index in [2.05, 4.69) is 0 Å². The smallest absolute Gasteiger partial charge is 0.463 e. The maximum Gasteiger partial charge on any atom is 0.463 e. The first-order chi connectivity index (χ1) is 9.48. The Bertz CT molecular complexity index is 414. The third kappa shape index (κ3) is 3.26. The number of alkyl halides is 5. The van der Waals surface area contributed by atoms with Gasteiger partial charge in [-0.2, -0.15) is 22.0 Å². The number of carbonyl (C=O) groups excluding carboxylic acids is 1. The van der Waals surface area contributed by atoms with E-state index in [9.17, 15) is 36.6 Å². The van der Waals surface area contributed by atoms with Crippen LogP contribution in [0.1, 0.15) is 32.6 Å². The Morgan fingerprint density at radius 3 is 1.95 bits per heavy atom. The van der Waals surface area contributed by atoms with Crippen molar-refractivity contribution in [3.63, 3.8) is 0 Å². The highest BCUT2D eigenvalue weighted by Gasteiger charge is 2.65. The van der Waals surface area contributed by atoms with Gasteiger partial charge in [0.15, 0.2) is 0 Å². The summed E-state index contributed by atoms with van der Waals surface area (Å²) in [7, 11) is 0. The van der Waals surface area contributed by atoms with Gasteiger partial charge in [0.1, 0.15) is 0 Å². The van der Waals surface area contributed by atoms with Crippen molar-refractivity contribution < 1.29 is 36.6 Å². The molecule has 0 atom stereocenters. The Kier molecular flexibility index (Phi) is 4.84. The van der Waals surface area contributed by atoms with Crippen LogP contribution in [-0.2, 0) is 9.59 Å². The molecule has 1 saturated heterocycles. The summed E-state index contributed by atoms with van der Waals surface area (Å²) in [4.78, 5) is 23.0. The van der Waals surface area contributed by atoms with Gasteiger partial charge in [0.05, 0.1) is 5.41 Å². The van der Waals surface area contributed by atoms with Crippen LogP contribution in [0, 0.1) is 5.41 Å². The van der Waals surface area contributed by atoms with Crippen molar-refractivity contribution in [3.05, 3.63) is 0 Å². The van der Waals surface area contributed by atoms with Gasteiger partial charge in [-0.1, -0.05) is 13.3 Å². The minimum absolute atomic E-state index is 0.129. The summed E-state index contributed by atoms with van der Waals surface area (Å²) < 4.78 is 62.4. The molecule has 0 spiro atoms. The van der Waals surface area contributed by atoms with E-state index in [1.807, 2.05) is 0 Å². The van der Waals surface area contributed by atoms with Crippen LogP contribution in [0.2, 0.25) is 0 Å². The van der Waals surface area contributed by atoms with Crippen LogP contribution in [0.15, 0.2) is 0 Å².